The Labute approximate surface area is 134 Å². The van der Waals surface area contributed by atoms with Crippen LogP contribution >= 0.6 is 11.6 Å². The lowest BCUT2D eigenvalue weighted by Crippen LogP contribution is -2.32. The number of nitrogens with one attached hydrogen (secondary N) is 1. The van der Waals surface area contributed by atoms with E-state index in [4.69, 9.17) is 21.1 Å². The van der Waals surface area contributed by atoms with Crippen molar-refractivity contribution in [3.05, 3.63) is 53.1 Å². The molecule has 1 atom stereocenters. The molecule has 1 aliphatic heterocycles. The Morgan fingerprint density at radius 1 is 1.32 bits per heavy atom. The third-order valence-corrected chi connectivity index (χ3v) is 3.96. The minimum atomic E-state index is -0.212. The highest BCUT2D eigenvalue weighted by Crippen LogP contribution is 2.29. The van der Waals surface area contributed by atoms with Crippen molar-refractivity contribution in [2.75, 3.05) is 19.0 Å². The van der Waals surface area contributed by atoms with Gasteiger partial charge in [-0.3, -0.25) is 4.79 Å². The lowest BCUT2D eigenvalue weighted by atomic mass is 9.96. The Morgan fingerprint density at radius 3 is 2.91 bits per heavy atom. The van der Waals surface area contributed by atoms with Gasteiger partial charge < -0.3 is 14.8 Å². The topological polar surface area (TPSA) is 47.6 Å². The van der Waals surface area contributed by atoms with Gasteiger partial charge in [-0.25, -0.2) is 0 Å². The highest BCUT2D eigenvalue weighted by molar-refractivity contribution is 6.32. The third-order valence-electron chi connectivity index (χ3n) is 3.67. The van der Waals surface area contributed by atoms with E-state index in [9.17, 15) is 4.79 Å². The highest BCUT2D eigenvalue weighted by Gasteiger charge is 2.25. The van der Waals surface area contributed by atoms with Gasteiger partial charge in [0.05, 0.1) is 18.1 Å². The molecule has 2 aromatic rings. The summed E-state index contributed by atoms with van der Waals surface area (Å²) in [6.07, 6.45) is 0.673. The molecular weight excluding hydrogens is 302 g/mol. The summed E-state index contributed by atoms with van der Waals surface area (Å²) in [7, 11) is 1.55. The molecular formula is C17H16ClNO3. The van der Waals surface area contributed by atoms with Crippen LogP contribution in [0.15, 0.2) is 42.5 Å². The zero-order valence-electron chi connectivity index (χ0n) is 12.1. The van der Waals surface area contributed by atoms with Crippen LogP contribution in [0.2, 0.25) is 5.02 Å². The van der Waals surface area contributed by atoms with E-state index in [1.807, 2.05) is 24.3 Å². The Hall–Kier alpha value is -2.20. The summed E-state index contributed by atoms with van der Waals surface area (Å²) >= 11 is 6.06. The van der Waals surface area contributed by atoms with Crippen molar-refractivity contribution >= 4 is 23.2 Å². The van der Waals surface area contributed by atoms with E-state index >= 15 is 0 Å². The van der Waals surface area contributed by atoms with Crippen LogP contribution in [0.5, 0.6) is 11.5 Å². The predicted molar refractivity (Wildman–Crippen MR) is 85.8 cm³/mol. The van der Waals surface area contributed by atoms with Crippen LogP contribution in [0.3, 0.4) is 0 Å². The van der Waals surface area contributed by atoms with Gasteiger partial charge in [-0.15, -0.1) is 0 Å². The fourth-order valence-corrected chi connectivity index (χ4v) is 2.74. The standard InChI is InChI=1S/C17H16ClNO3/c1-21-16-7-6-13(9-14(16)18)19-17(20)12-8-11-4-2-3-5-15(11)22-10-12/h2-7,9,12H,8,10H2,1H3,(H,19,20)/t12-/m0/s1. The zero-order valence-corrected chi connectivity index (χ0v) is 12.9. The number of rotatable bonds is 3. The number of hydrogen-bond donors (Lipinski definition) is 1. The number of anilines is 1. The number of hydrogen-bond acceptors (Lipinski definition) is 3. The molecule has 1 heterocycles. The molecule has 4 nitrogen and oxygen atoms in total. The number of fused-ring (bicyclic) bond motifs is 1. The maximum absolute atomic E-state index is 12.4. The molecule has 22 heavy (non-hydrogen) atoms. The van der Waals surface area contributed by atoms with Gasteiger partial charge in [0.25, 0.3) is 0 Å². The van der Waals surface area contributed by atoms with Crippen LogP contribution in [-0.2, 0) is 11.2 Å². The minimum Gasteiger partial charge on any atom is -0.495 e. The molecule has 0 spiro atoms. The molecule has 0 fully saturated rings. The second-order valence-electron chi connectivity index (χ2n) is 5.16. The smallest absolute Gasteiger partial charge is 0.231 e. The molecule has 114 valence electrons. The van der Waals surface area contributed by atoms with Gasteiger partial charge >= 0.3 is 0 Å². The average Bonchev–Trinajstić information content (AvgIpc) is 2.54. The molecule has 0 radical (unpaired) electrons. The van der Waals surface area contributed by atoms with E-state index in [0.29, 0.717) is 29.5 Å². The normalized spacial score (nSPS) is 16.4. The van der Waals surface area contributed by atoms with E-state index in [1.165, 1.54) is 0 Å². The van der Waals surface area contributed by atoms with Crippen LogP contribution in [0.4, 0.5) is 5.69 Å². The van der Waals surface area contributed by atoms with Crippen molar-refractivity contribution in [2.45, 2.75) is 6.42 Å². The summed E-state index contributed by atoms with van der Waals surface area (Å²) in [6.45, 7) is 0.382. The Balaban J connectivity index is 1.69. The summed E-state index contributed by atoms with van der Waals surface area (Å²) < 4.78 is 10.7. The molecule has 1 N–H and O–H groups in total. The van der Waals surface area contributed by atoms with Gasteiger partial charge in [0, 0.05) is 5.69 Å². The van der Waals surface area contributed by atoms with E-state index in [-0.39, 0.29) is 11.8 Å². The predicted octanol–water partition coefficient (Wildman–Crippen LogP) is 3.54. The van der Waals surface area contributed by atoms with Crippen molar-refractivity contribution in [3.8, 4) is 11.5 Å². The van der Waals surface area contributed by atoms with Gasteiger partial charge in [0.15, 0.2) is 0 Å². The van der Waals surface area contributed by atoms with Crippen LogP contribution in [-0.4, -0.2) is 19.6 Å². The van der Waals surface area contributed by atoms with Crippen molar-refractivity contribution < 1.29 is 14.3 Å². The monoisotopic (exact) mass is 317 g/mol. The number of para-hydroxylation sites is 1. The fraction of sp³-hybridized carbons (Fsp3) is 0.235. The molecule has 0 aliphatic carbocycles. The van der Waals surface area contributed by atoms with Crippen LogP contribution < -0.4 is 14.8 Å². The van der Waals surface area contributed by atoms with Crippen molar-refractivity contribution in [3.63, 3.8) is 0 Å². The lowest BCUT2D eigenvalue weighted by molar-refractivity contribution is -0.121. The maximum Gasteiger partial charge on any atom is 0.231 e. The summed E-state index contributed by atoms with van der Waals surface area (Å²) in [5, 5.41) is 3.34. The first-order valence-electron chi connectivity index (χ1n) is 7.02. The van der Waals surface area contributed by atoms with Gasteiger partial charge in [-0.05, 0) is 36.2 Å². The van der Waals surface area contributed by atoms with Crippen molar-refractivity contribution in [1.82, 2.24) is 0 Å². The fourth-order valence-electron chi connectivity index (χ4n) is 2.48. The number of methoxy groups -OCH3 is 1. The average molecular weight is 318 g/mol. The summed E-state index contributed by atoms with van der Waals surface area (Å²) in [5.74, 6) is 1.15. The molecule has 0 bridgehead atoms. The third kappa shape index (κ3) is 3.02. The van der Waals surface area contributed by atoms with Gasteiger partial charge in [-0.2, -0.15) is 0 Å². The molecule has 0 aromatic heterocycles. The van der Waals surface area contributed by atoms with E-state index in [1.54, 1.807) is 25.3 Å². The second-order valence-corrected chi connectivity index (χ2v) is 5.57. The van der Waals surface area contributed by atoms with Crippen molar-refractivity contribution in [2.24, 2.45) is 5.92 Å². The van der Waals surface area contributed by atoms with Crippen LogP contribution in [0, 0.1) is 5.92 Å². The SMILES string of the molecule is COc1ccc(NC(=O)[C@@H]2COc3ccccc3C2)cc1Cl. The molecule has 1 amide bonds. The lowest BCUT2D eigenvalue weighted by Gasteiger charge is -2.24. The molecule has 3 rings (SSSR count). The van der Waals surface area contributed by atoms with Crippen LogP contribution in [0.25, 0.3) is 0 Å². The summed E-state index contributed by atoms with van der Waals surface area (Å²) in [4.78, 5) is 12.4. The first kappa shape index (κ1) is 14.7. The summed E-state index contributed by atoms with van der Waals surface area (Å²) in [5.41, 5.74) is 1.70. The van der Waals surface area contributed by atoms with Crippen LogP contribution in [0.1, 0.15) is 5.56 Å². The number of benzene rings is 2. The highest BCUT2D eigenvalue weighted by atomic mass is 35.5. The quantitative estimate of drug-likeness (QED) is 0.942. The number of carbonyl (C=O) groups excluding carboxylic acids is 1. The largest absolute Gasteiger partial charge is 0.495 e. The molecule has 5 heteroatoms. The Bertz CT molecular complexity index is 702. The molecule has 0 saturated heterocycles. The molecule has 1 aliphatic rings. The summed E-state index contributed by atoms with van der Waals surface area (Å²) in [6, 6.07) is 13.0. The molecule has 0 unspecified atom stereocenters. The second kappa shape index (κ2) is 6.28. The number of ether oxygens (including phenoxy) is 2. The number of halogens is 1. The van der Waals surface area contributed by atoms with E-state index in [0.717, 1.165) is 11.3 Å². The van der Waals surface area contributed by atoms with Gasteiger partial charge in [0.1, 0.15) is 18.1 Å². The van der Waals surface area contributed by atoms with Gasteiger partial charge in [0.2, 0.25) is 5.91 Å². The first-order valence-corrected chi connectivity index (χ1v) is 7.40. The Kier molecular flexibility index (Phi) is 4.20. The zero-order chi connectivity index (χ0) is 15.5. The number of carbonyl (C=O) groups is 1. The molecule has 0 saturated carbocycles. The van der Waals surface area contributed by atoms with E-state index < -0.39 is 0 Å². The van der Waals surface area contributed by atoms with Crippen molar-refractivity contribution in [1.29, 1.82) is 0 Å². The van der Waals surface area contributed by atoms with Gasteiger partial charge in [-0.1, -0.05) is 29.8 Å². The maximum atomic E-state index is 12.4. The van der Waals surface area contributed by atoms with E-state index in [2.05, 4.69) is 5.32 Å². The first-order chi connectivity index (χ1) is 10.7. The minimum absolute atomic E-state index is 0.0734. The molecule has 2 aromatic carbocycles. The Morgan fingerprint density at radius 2 is 2.14 bits per heavy atom. The number of amides is 1.